The van der Waals surface area contributed by atoms with Gasteiger partial charge >= 0.3 is 0 Å². The number of nitrogens with one attached hydrogen (secondary N) is 1. The van der Waals surface area contributed by atoms with E-state index in [0.717, 1.165) is 31.3 Å². The minimum absolute atomic E-state index is 0.318. The van der Waals surface area contributed by atoms with Crippen LogP contribution in [0, 0.1) is 17.2 Å². The Morgan fingerprint density at radius 2 is 2.05 bits per heavy atom. The summed E-state index contributed by atoms with van der Waals surface area (Å²) in [6.45, 7) is 5.57. The van der Waals surface area contributed by atoms with Crippen LogP contribution in [-0.2, 0) is 0 Å². The molecule has 2 fully saturated rings. The Morgan fingerprint density at radius 1 is 1.30 bits per heavy atom. The second-order valence-corrected chi connectivity index (χ2v) is 7.37. The Morgan fingerprint density at radius 3 is 2.65 bits per heavy atom. The Balaban J connectivity index is 1.69. The van der Waals surface area contributed by atoms with Crippen LogP contribution in [0.3, 0.4) is 0 Å². The van der Waals surface area contributed by atoms with Gasteiger partial charge in [-0.15, -0.1) is 0 Å². The molecule has 3 unspecified atom stereocenters. The van der Waals surface area contributed by atoms with E-state index in [1.54, 1.807) is 0 Å². The minimum Gasteiger partial charge on any atom is -0.303 e. The second-order valence-electron chi connectivity index (χ2n) is 7.37. The number of rotatable bonds is 7. The lowest BCUT2D eigenvalue weighted by atomic mass is 9.86. The van der Waals surface area contributed by atoms with E-state index in [0.29, 0.717) is 6.04 Å². The van der Waals surface area contributed by atoms with Crippen LogP contribution in [0.25, 0.3) is 0 Å². The highest BCUT2D eigenvalue weighted by Crippen LogP contribution is 2.27. The van der Waals surface area contributed by atoms with Crippen LogP contribution in [0.4, 0.5) is 0 Å². The zero-order chi connectivity index (χ0) is 14.6. The zero-order valence-electron chi connectivity index (χ0n) is 13.5. The molecule has 1 N–H and O–H groups in total. The van der Waals surface area contributed by atoms with Gasteiger partial charge in [0.25, 0.3) is 0 Å². The summed E-state index contributed by atoms with van der Waals surface area (Å²) < 4.78 is 0. The van der Waals surface area contributed by atoms with E-state index in [-0.39, 0.29) is 5.54 Å². The largest absolute Gasteiger partial charge is 0.303 e. The summed E-state index contributed by atoms with van der Waals surface area (Å²) in [5, 5.41) is 12.9. The average Bonchev–Trinajstić information content (AvgIpc) is 3.22. The summed E-state index contributed by atoms with van der Waals surface area (Å²) in [6, 6.07) is 3.86. The smallest absolute Gasteiger partial charge is 0.104 e. The molecule has 0 heterocycles. The summed E-state index contributed by atoms with van der Waals surface area (Å²) in [5.41, 5.74) is -0.318. The summed E-state index contributed by atoms with van der Waals surface area (Å²) in [7, 11) is 2.26. The van der Waals surface area contributed by atoms with Crippen LogP contribution < -0.4 is 5.32 Å². The molecule has 114 valence electrons. The summed E-state index contributed by atoms with van der Waals surface area (Å²) >= 11 is 0. The second kappa shape index (κ2) is 6.91. The van der Waals surface area contributed by atoms with Gasteiger partial charge in [0, 0.05) is 12.1 Å². The molecule has 2 aliphatic rings. The molecule has 0 spiro atoms. The van der Waals surface area contributed by atoms with Gasteiger partial charge in [-0.25, -0.2) is 0 Å². The van der Waals surface area contributed by atoms with Crippen molar-refractivity contribution in [1.82, 2.24) is 10.2 Å². The van der Waals surface area contributed by atoms with E-state index < -0.39 is 0 Å². The lowest BCUT2D eigenvalue weighted by Gasteiger charge is -2.34. The Hall–Kier alpha value is -0.590. The van der Waals surface area contributed by atoms with Crippen LogP contribution >= 0.6 is 0 Å². The monoisotopic (exact) mass is 277 g/mol. The maximum atomic E-state index is 9.38. The molecule has 2 aliphatic carbocycles. The highest BCUT2D eigenvalue weighted by atomic mass is 15.1. The Kier molecular flexibility index (Phi) is 5.46. The first-order valence-electron chi connectivity index (χ1n) is 8.41. The normalized spacial score (nSPS) is 29.9. The molecule has 0 radical (unpaired) electrons. The van der Waals surface area contributed by atoms with Crippen molar-refractivity contribution in [3.8, 4) is 6.07 Å². The quantitative estimate of drug-likeness (QED) is 0.776. The summed E-state index contributed by atoms with van der Waals surface area (Å²) in [4.78, 5) is 2.53. The standard InChI is InChI=1S/C17H31N3/c1-14-6-4-7-16(12-14)20(3)11-5-10-17(2,13-18)19-15-8-9-15/h14-16,19H,4-12H2,1-3H3. The van der Waals surface area contributed by atoms with Crippen LogP contribution in [0.5, 0.6) is 0 Å². The SMILES string of the molecule is CC1CCCC(N(C)CCCC(C)(C#N)NC2CC2)C1. The molecule has 0 aromatic carbocycles. The topological polar surface area (TPSA) is 39.1 Å². The average molecular weight is 277 g/mol. The van der Waals surface area contributed by atoms with Crippen molar-refractivity contribution < 1.29 is 0 Å². The maximum absolute atomic E-state index is 9.38. The van der Waals surface area contributed by atoms with Gasteiger partial charge in [-0.1, -0.05) is 19.8 Å². The van der Waals surface area contributed by atoms with Crippen molar-refractivity contribution in [3.05, 3.63) is 0 Å². The number of nitrogens with zero attached hydrogens (tertiary/aromatic N) is 2. The van der Waals surface area contributed by atoms with Gasteiger partial charge in [-0.05, 0) is 65.0 Å². The summed E-state index contributed by atoms with van der Waals surface area (Å²) in [5.74, 6) is 0.886. The van der Waals surface area contributed by atoms with Crippen LogP contribution in [-0.4, -0.2) is 36.1 Å². The molecule has 0 bridgehead atoms. The van der Waals surface area contributed by atoms with Gasteiger partial charge in [0.2, 0.25) is 0 Å². The highest BCUT2D eigenvalue weighted by molar-refractivity contribution is 5.07. The predicted octanol–water partition coefficient (Wildman–Crippen LogP) is 3.31. The maximum Gasteiger partial charge on any atom is 0.104 e. The third-order valence-corrected chi connectivity index (χ3v) is 5.07. The van der Waals surface area contributed by atoms with Gasteiger partial charge in [0.05, 0.1) is 6.07 Å². The van der Waals surface area contributed by atoms with E-state index in [4.69, 9.17) is 0 Å². The molecule has 3 atom stereocenters. The van der Waals surface area contributed by atoms with Crippen LogP contribution in [0.1, 0.15) is 65.2 Å². The van der Waals surface area contributed by atoms with E-state index in [9.17, 15) is 5.26 Å². The van der Waals surface area contributed by atoms with E-state index in [2.05, 4.69) is 37.2 Å². The summed E-state index contributed by atoms with van der Waals surface area (Å²) in [6.07, 6.45) is 10.1. The molecular formula is C17H31N3. The first-order chi connectivity index (χ1) is 9.52. The van der Waals surface area contributed by atoms with Gasteiger partial charge in [-0.2, -0.15) is 5.26 Å². The zero-order valence-corrected chi connectivity index (χ0v) is 13.5. The van der Waals surface area contributed by atoms with Crippen molar-refractivity contribution in [2.75, 3.05) is 13.6 Å². The van der Waals surface area contributed by atoms with Gasteiger partial charge < -0.3 is 4.90 Å². The fourth-order valence-electron chi connectivity index (χ4n) is 3.51. The minimum atomic E-state index is -0.318. The first kappa shape index (κ1) is 15.8. The number of nitriles is 1. The van der Waals surface area contributed by atoms with Crippen molar-refractivity contribution >= 4 is 0 Å². The van der Waals surface area contributed by atoms with Crippen LogP contribution in [0.2, 0.25) is 0 Å². The van der Waals surface area contributed by atoms with Gasteiger partial charge in [0.1, 0.15) is 5.54 Å². The fraction of sp³-hybridized carbons (Fsp3) is 0.941. The molecule has 0 amide bonds. The molecule has 0 aromatic rings. The molecule has 2 saturated carbocycles. The lowest BCUT2D eigenvalue weighted by Crippen LogP contribution is -2.43. The number of hydrogen-bond donors (Lipinski definition) is 1. The van der Waals surface area contributed by atoms with Crippen molar-refractivity contribution in [1.29, 1.82) is 5.26 Å². The molecule has 2 rings (SSSR count). The first-order valence-corrected chi connectivity index (χ1v) is 8.41. The van der Waals surface area contributed by atoms with E-state index in [1.807, 2.05) is 0 Å². The lowest BCUT2D eigenvalue weighted by molar-refractivity contribution is 0.159. The van der Waals surface area contributed by atoms with Crippen molar-refractivity contribution in [3.63, 3.8) is 0 Å². The Bertz CT molecular complexity index is 345. The molecule has 0 aromatic heterocycles. The highest BCUT2D eigenvalue weighted by Gasteiger charge is 2.32. The van der Waals surface area contributed by atoms with Crippen molar-refractivity contribution in [2.24, 2.45) is 5.92 Å². The van der Waals surface area contributed by atoms with Gasteiger partial charge in [0.15, 0.2) is 0 Å². The Labute approximate surface area is 124 Å². The van der Waals surface area contributed by atoms with E-state index >= 15 is 0 Å². The third-order valence-electron chi connectivity index (χ3n) is 5.07. The molecule has 20 heavy (non-hydrogen) atoms. The van der Waals surface area contributed by atoms with Crippen LogP contribution in [0.15, 0.2) is 0 Å². The fourth-order valence-corrected chi connectivity index (χ4v) is 3.51. The molecule has 0 saturated heterocycles. The van der Waals surface area contributed by atoms with Gasteiger partial charge in [-0.3, -0.25) is 5.32 Å². The molecule has 3 heteroatoms. The third kappa shape index (κ3) is 4.75. The molecular weight excluding hydrogens is 246 g/mol. The number of hydrogen-bond acceptors (Lipinski definition) is 3. The molecule has 3 nitrogen and oxygen atoms in total. The molecule has 0 aliphatic heterocycles. The van der Waals surface area contributed by atoms with Crippen molar-refractivity contribution in [2.45, 2.75) is 82.8 Å². The van der Waals surface area contributed by atoms with E-state index in [1.165, 1.54) is 38.5 Å². The predicted molar refractivity (Wildman–Crippen MR) is 83.5 cm³/mol.